The molecule has 5 nitrogen and oxygen atoms in total. The van der Waals surface area contributed by atoms with E-state index in [0.717, 1.165) is 0 Å². The van der Waals surface area contributed by atoms with Gasteiger partial charge in [0.25, 0.3) is 0 Å². The molecule has 92 valence electrons. The van der Waals surface area contributed by atoms with Gasteiger partial charge in [0.15, 0.2) is 0 Å². The average Bonchev–Trinajstić information content (AvgIpc) is 2.27. The van der Waals surface area contributed by atoms with Crippen LogP contribution in [-0.4, -0.2) is 44.9 Å². The van der Waals surface area contributed by atoms with Crippen molar-refractivity contribution in [3.05, 3.63) is 24.5 Å². The van der Waals surface area contributed by atoms with Gasteiger partial charge in [0.2, 0.25) is 10.0 Å². The van der Waals surface area contributed by atoms with Crippen LogP contribution in [0.3, 0.4) is 0 Å². The van der Waals surface area contributed by atoms with Crippen LogP contribution < -0.4 is 5.32 Å². The topological polar surface area (TPSA) is 62.3 Å². The van der Waals surface area contributed by atoms with Gasteiger partial charge in [0.05, 0.1) is 0 Å². The second-order valence-corrected chi connectivity index (χ2v) is 5.16. The molecule has 0 amide bonds. The molecular formula is C9H16ClN3O2S. The van der Waals surface area contributed by atoms with Crippen molar-refractivity contribution in [2.45, 2.75) is 4.90 Å². The maximum absolute atomic E-state index is 11.9. The number of rotatable bonds is 5. The zero-order chi connectivity index (χ0) is 11.3. The third-order valence-corrected chi connectivity index (χ3v) is 3.86. The molecule has 0 fully saturated rings. The standard InChI is InChI=1S/C9H15N3O2S.ClH/c1-10-6-7-12(2)15(13,14)9-4-3-5-11-8-9;/h3-5,8,10H,6-7H2,1-2H3;1H. The van der Waals surface area contributed by atoms with Crippen molar-refractivity contribution in [1.82, 2.24) is 14.6 Å². The van der Waals surface area contributed by atoms with Crippen molar-refractivity contribution >= 4 is 22.4 Å². The molecule has 0 saturated heterocycles. The van der Waals surface area contributed by atoms with E-state index in [-0.39, 0.29) is 17.3 Å². The summed E-state index contributed by atoms with van der Waals surface area (Å²) < 4.78 is 25.1. The summed E-state index contributed by atoms with van der Waals surface area (Å²) in [5.74, 6) is 0. The number of likely N-dealkylation sites (N-methyl/N-ethyl adjacent to an activating group) is 2. The lowest BCUT2D eigenvalue weighted by molar-refractivity contribution is 0.466. The predicted molar refractivity (Wildman–Crippen MR) is 65.2 cm³/mol. The fraction of sp³-hybridized carbons (Fsp3) is 0.444. The van der Waals surface area contributed by atoms with E-state index in [2.05, 4.69) is 10.3 Å². The van der Waals surface area contributed by atoms with Gasteiger partial charge >= 0.3 is 0 Å². The molecule has 0 atom stereocenters. The summed E-state index contributed by atoms with van der Waals surface area (Å²) in [5, 5.41) is 2.90. The van der Waals surface area contributed by atoms with Crippen molar-refractivity contribution < 1.29 is 8.42 Å². The van der Waals surface area contributed by atoms with E-state index in [1.54, 1.807) is 26.4 Å². The molecule has 7 heteroatoms. The molecule has 1 N–H and O–H groups in total. The van der Waals surface area contributed by atoms with Crippen LogP contribution in [0.15, 0.2) is 29.4 Å². The number of aromatic nitrogens is 1. The zero-order valence-electron chi connectivity index (χ0n) is 9.25. The monoisotopic (exact) mass is 265 g/mol. The number of hydrogen-bond acceptors (Lipinski definition) is 4. The smallest absolute Gasteiger partial charge is 0.244 e. The van der Waals surface area contributed by atoms with Crippen LogP contribution in [0, 0.1) is 0 Å². The zero-order valence-corrected chi connectivity index (χ0v) is 10.9. The SMILES string of the molecule is CNCCN(C)S(=O)(=O)c1cccnc1.Cl. The van der Waals surface area contributed by atoms with Gasteiger partial charge in [0.1, 0.15) is 4.90 Å². The second kappa shape index (κ2) is 6.80. The van der Waals surface area contributed by atoms with Crippen LogP contribution in [0.2, 0.25) is 0 Å². The maximum atomic E-state index is 11.9. The molecule has 1 heterocycles. The highest BCUT2D eigenvalue weighted by atomic mass is 35.5. The molecular weight excluding hydrogens is 250 g/mol. The highest BCUT2D eigenvalue weighted by molar-refractivity contribution is 7.89. The first-order valence-electron chi connectivity index (χ1n) is 4.60. The Kier molecular flexibility index (Phi) is 6.51. The minimum Gasteiger partial charge on any atom is -0.318 e. The van der Waals surface area contributed by atoms with Crippen LogP contribution in [0.5, 0.6) is 0 Å². The Hall–Kier alpha value is -0.690. The lowest BCUT2D eigenvalue weighted by Gasteiger charge is -2.16. The van der Waals surface area contributed by atoms with Gasteiger partial charge in [-0.25, -0.2) is 8.42 Å². The van der Waals surface area contributed by atoms with Crippen LogP contribution in [0.1, 0.15) is 0 Å². The van der Waals surface area contributed by atoms with Crippen molar-refractivity contribution in [2.24, 2.45) is 0 Å². The number of nitrogens with zero attached hydrogens (tertiary/aromatic N) is 2. The van der Waals surface area contributed by atoms with Gasteiger partial charge in [-0.2, -0.15) is 4.31 Å². The van der Waals surface area contributed by atoms with Crippen LogP contribution >= 0.6 is 12.4 Å². The van der Waals surface area contributed by atoms with Crippen molar-refractivity contribution in [3.8, 4) is 0 Å². The lowest BCUT2D eigenvalue weighted by atomic mass is 10.5. The molecule has 1 aromatic rings. The fourth-order valence-corrected chi connectivity index (χ4v) is 2.21. The number of nitrogens with one attached hydrogen (secondary N) is 1. The molecule has 0 aliphatic carbocycles. The molecule has 16 heavy (non-hydrogen) atoms. The first kappa shape index (κ1) is 15.3. The molecule has 0 aliphatic heterocycles. The maximum Gasteiger partial charge on any atom is 0.244 e. The number of hydrogen-bond donors (Lipinski definition) is 1. The third-order valence-electron chi connectivity index (χ3n) is 2.02. The summed E-state index contributed by atoms with van der Waals surface area (Å²) in [7, 11) is -0.0429. The quantitative estimate of drug-likeness (QED) is 0.834. The van der Waals surface area contributed by atoms with Crippen LogP contribution in [-0.2, 0) is 10.0 Å². The first-order chi connectivity index (χ1) is 7.09. The largest absolute Gasteiger partial charge is 0.318 e. The Bertz CT molecular complexity index is 396. The van der Waals surface area contributed by atoms with E-state index in [4.69, 9.17) is 0 Å². The van der Waals surface area contributed by atoms with Crippen LogP contribution in [0.4, 0.5) is 0 Å². The number of pyridine rings is 1. The molecule has 1 rings (SSSR count). The fourth-order valence-electron chi connectivity index (χ4n) is 1.07. The Balaban J connectivity index is 0.00000225. The molecule has 0 saturated carbocycles. The Labute approximate surface area is 102 Å². The van der Waals surface area contributed by atoms with Gasteiger partial charge in [-0.05, 0) is 19.2 Å². The van der Waals surface area contributed by atoms with E-state index in [0.29, 0.717) is 13.1 Å². The minimum absolute atomic E-state index is 0. The van der Waals surface area contributed by atoms with E-state index in [1.165, 1.54) is 16.6 Å². The predicted octanol–water partition coefficient (Wildman–Crippen LogP) is 0.343. The third kappa shape index (κ3) is 3.71. The summed E-state index contributed by atoms with van der Waals surface area (Å²) >= 11 is 0. The molecule has 0 radical (unpaired) electrons. The van der Waals surface area contributed by atoms with Gasteiger partial charge in [-0.15, -0.1) is 12.4 Å². The van der Waals surface area contributed by atoms with Crippen molar-refractivity contribution in [1.29, 1.82) is 0 Å². The highest BCUT2D eigenvalue weighted by Gasteiger charge is 2.19. The van der Waals surface area contributed by atoms with E-state index >= 15 is 0 Å². The minimum atomic E-state index is -3.38. The van der Waals surface area contributed by atoms with E-state index in [9.17, 15) is 8.42 Å². The molecule has 1 aromatic heterocycles. The van der Waals surface area contributed by atoms with Crippen LogP contribution in [0.25, 0.3) is 0 Å². The first-order valence-corrected chi connectivity index (χ1v) is 6.04. The van der Waals surface area contributed by atoms with Gasteiger partial charge in [-0.1, -0.05) is 0 Å². The highest BCUT2D eigenvalue weighted by Crippen LogP contribution is 2.11. The number of halogens is 1. The average molecular weight is 266 g/mol. The van der Waals surface area contributed by atoms with Gasteiger partial charge in [0, 0.05) is 32.5 Å². The Morgan fingerprint density at radius 1 is 1.50 bits per heavy atom. The molecule has 0 aromatic carbocycles. The van der Waals surface area contributed by atoms with E-state index < -0.39 is 10.0 Å². The summed E-state index contributed by atoms with van der Waals surface area (Å²) in [6.45, 7) is 1.06. The van der Waals surface area contributed by atoms with E-state index in [1.807, 2.05) is 0 Å². The molecule has 0 spiro atoms. The van der Waals surface area contributed by atoms with Gasteiger partial charge < -0.3 is 5.32 Å². The second-order valence-electron chi connectivity index (χ2n) is 3.12. The molecule has 0 unspecified atom stereocenters. The summed E-state index contributed by atoms with van der Waals surface area (Å²) in [4.78, 5) is 4.02. The van der Waals surface area contributed by atoms with Gasteiger partial charge in [-0.3, -0.25) is 4.98 Å². The Morgan fingerprint density at radius 3 is 2.69 bits per heavy atom. The summed E-state index contributed by atoms with van der Waals surface area (Å²) in [6, 6.07) is 3.15. The molecule has 0 bridgehead atoms. The normalized spacial score (nSPS) is 11.2. The van der Waals surface area contributed by atoms with Crippen molar-refractivity contribution in [2.75, 3.05) is 27.2 Å². The Morgan fingerprint density at radius 2 is 2.19 bits per heavy atom. The summed E-state index contributed by atoms with van der Waals surface area (Å²) in [6.07, 6.45) is 2.90. The number of sulfonamides is 1. The lowest BCUT2D eigenvalue weighted by Crippen LogP contribution is -2.32. The molecule has 0 aliphatic rings. The van der Waals surface area contributed by atoms with Crippen molar-refractivity contribution in [3.63, 3.8) is 0 Å². The summed E-state index contributed by atoms with van der Waals surface area (Å²) in [5.41, 5.74) is 0.